The van der Waals surface area contributed by atoms with Crippen LogP contribution in [0.1, 0.15) is 29.2 Å². The molecule has 0 unspecified atom stereocenters. The van der Waals surface area contributed by atoms with Crippen LogP contribution in [0.5, 0.6) is 0 Å². The molecule has 6 nitrogen and oxygen atoms in total. The number of aromatic nitrogens is 3. The van der Waals surface area contributed by atoms with E-state index in [9.17, 15) is 4.79 Å². The smallest absolute Gasteiger partial charge is 0.254 e. The van der Waals surface area contributed by atoms with Gasteiger partial charge in [0.15, 0.2) is 0 Å². The molecule has 6 heteroatoms. The first-order valence-corrected chi connectivity index (χ1v) is 7.55. The summed E-state index contributed by atoms with van der Waals surface area (Å²) in [4.78, 5) is 24.9. The van der Waals surface area contributed by atoms with Gasteiger partial charge in [0.2, 0.25) is 0 Å². The van der Waals surface area contributed by atoms with Crippen molar-refractivity contribution in [2.75, 3.05) is 32.1 Å². The Hall–Kier alpha value is -2.37. The highest BCUT2D eigenvalue weighted by molar-refractivity contribution is 5.94. The number of carbonyl (C=O) groups excluding carboxylic acids is 1. The third-order valence-corrected chi connectivity index (χ3v) is 4.08. The fourth-order valence-corrected chi connectivity index (χ4v) is 2.85. The number of anilines is 1. The van der Waals surface area contributed by atoms with Gasteiger partial charge < -0.3 is 14.4 Å². The van der Waals surface area contributed by atoms with Crippen LogP contribution in [0, 0.1) is 0 Å². The number of likely N-dealkylation sites (tertiary alicyclic amines) is 1. The van der Waals surface area contributed by atoms with Gasteiger partial charge in [-0.25, -0.2) is 9.97 Å². The minimum absolute atomic E-state index is 0.0790. The monoisotopic (exact) mass is 299 g/mol. The summed E-state index contributed by atoms with van der Waals surface area (Å²) in [5.41, 5.74) is 0.699. The summed E-state index contributed by atoms with van der Waals surface area (Å²) in [5, 5.41) is 0. The molecule has 1 aliphatic heterocycles. The minimum Gasteiger partial charge on any atom is -0.363 e. The van der Waals surface area contributed by atoms with Crippen molar-refractivity contribution in [2.24, 2.45) is 0 Å². The maximum absolute atomic E-state index is 12.7. The molecule has 3 heterocycles. The Labute approximate surface area is 130 Å². The average Bonchev–Trinajstić information content (AvgIpc) is 3.09. The zero-order chi connectivity index (χ0) is 15.5. The molecule has 2 aromatic rings. The highest BCUT2D eigenvalue weighted by atomic mass is 16.2. The highest BCUT2D eigenvalue weighted by Gasteiger charge is 2.25. The predicted molar refractivity (Wildman–Crippen MR) is 85.0 cm³/mol. The van der Waals surface area contributed by atoms with E-state index in [-0.39, 0.29) is 5.91 Å². The third-order valence-electron chi connectivity index (χ3n) is 4.08. The van der Waals surface area contributed by atoms with Gasteiger partial charge in [-0.05, 0) is 25.0 Å². The molecule has 1 fully saturated rings. The van der Waals surface area contributed by atoms with Crippen molar-refractivity contribution in [1.29, 1.82) is 0 Å². The van der Waals surface area contributed by atoms with Crippen LogP contribution in [0.2, 0.25) is 0 Å². The topological polar surface area (TPSA) is 54.3 Å². The summed E-state index contributed by atoms with van der Waals surface area (Å²) >= 11 is 0. The van der Waals surface area contributed by atoms with Gasteiger partial charge in [0, 0.05) is 51.3 Å². The van der Waals surface area contributed by atoms with Crippen LogP contribution in [-0.4, -0.2) is 52.5 Å². The number of nitrogens with zero attached hydrogens (tertiary/aromatic N) is 5. The van der Waals surface area contributed by atoms with Gasteiger partial charge in [-0.3, -0.25) is 4.79 Å². The van der Waals surface area contributed by atoms with Gasteiger partial charge in [-0.15, -0.1) is 0 Å². The second kappa shape index (κ2) is 6.17. The fourth-order valence-electron chi connectivity index (χ4n) is 2.85. The van der Waals surface area contributed by atoms with Crippen LogP contribution in [0.15, 0.2) is 37.1 Å². The van der Waals surface area contributed by atoms with E-state index in [1.807, 2.05) is 42.5 Å². The van der Waals surface area contributed by atoms with E-state index < -0.39 is 0 Å². The molecule has 1 atom stereocenters. The van der Waals surface area contributed by atoms with Gasteiger partial charge in [0.25, 0.3) is 5.91 Å². The Morgan fingerprint density at radius 1 is 1.36 bits per heavy atom. The summed E-state index contributed by atoms with van der Waals surface area (Å²) in [7, 11) is 3.85. The molecular formula is C16H21N5O. The Bertz CT molecular complexity index is 638. The molecule has 1 amide bonds. The van der Waals surface area contributed by atoms with Crippen LogP contribution in [-0.2, 0) is 0 Å². The number of piperidine rings is 1. The number of carbonyl (C=O) groups is 1. The van der Waals surface area contributed by atoms with E-state index in [4.69, 9.17) is 0 Å². The standard InChI is InChI=1S/C16H21N5O/c1-19(2)15-10-13(5-6-18-15)16(22)20-8-3-4-14(11-20)21-9-7-17-12-21/h5-7,9-10,12,14H,3-4,8,11H2,1-2H3/t14-/m0/s1. The zero-order valence-corrected chi connectivity index (χ0v) is 13.0. The number of imidazole rings is 1. The molecule has 0 N–H and O–H groups in total. The maximum atomic E-state index is 12.7. The Balaban J connectivity index is 1.75. The summed E-state index contributed by atoms with van der Waals surface area (Å²) in [6.45, 7) is 1.54. The summed E-state index contributed by atoms with van der Waals surface area (Å²) < 4.78 is 2.09. The van der Waals surface area contributed by atoms with Gasteiger partial charge in [0.1, 0.15) is 5.82 Å². The van der Waals surface area contributed by atoms with E-state index in [1.165, 1.54) is 0 Å². The molecule has 1 aliphatic rings. The van der Waals surface area contributed by atoms with Crippen LogP contribution in [0.3, 0.4) is 0 Å². The van der Waals surface area contributed by atoms with E-state index in [1.54, 1.807) is 18.5 Å². The Morgan fingerprint density at radius 3 is 2.95 bits per heavy atom. The molecule has 116 valence electrons. The van der Waals surface area contributed by atoms with Crippen LogP contribution < -0.4 is 4.90 Å². The average molecular weight is 299 g/mol. The first-order valence-electron chi connectivity index (χ1n) is 7.55. The van der Waals surface area contributed by atoms with Crippen molar-refractivity contribution in [1.82, 2.24) is 19.4 Å². The molecule has 1 saturated heterocycles. The van der Waals surface area contributed by atoms with Crippen molar-refractivity contribution in [2.45, 2.75) is 18.9 Å². The molecule has 0 saturated carbocycles. The van der Waals surface area contributed by atoms with Crippen LogP contribution >= 0.6 is 0 Å². The summed E-state index contributed by atoms with van der Waals surface area (Å²) in [5.74, 6) is 0.879. The second-order valence-electron chi connectivity index (χ2n) is 5.85. The van der Waals surface area contributed by atoms with Gasteiger partial charge in [-0.1, -0.05) is 0 Å². The van der Waals surface area contributed by atoms with E-state index in [0.29, 0.717) is 11.6 Å². The lowest BCUT2D eigenvalue weighted by Crippen LogP contribution is -2.40. The minimum atomic E-state index is 0.0790. The lowest BCUT2D eigenvalue weighted by atomic mass is 10.0. The highest BCUT2D eigenvalue weighted by Crippen LogP contribution is 2.23. The molecule has 0 aromatic carbocycles. The third kappa shape index (κ3) is 2.95. The maximum Gasteiger partial charge on any atom is 0.254 e. The summed E-state index contributed by atoms with van der Waals surface area (Å²) in [6.07, 6.45) is 9.37. The fraction of sp³-hybridized carbons (Fsp3) is 0.438. The quantitative estimate of drug-likeness (QED) is 0.867. The molecular weight excluding hydrogens is 278 g/mol. The number of rotatable bonds is 3. The predicted octanol–water partition coefficient (Wildman–Crippen LogP) is 1.82. The van der Waals surface area contributed by atoms with Crippen molar-refractivity contribution < 1.29 is 4.79 Å². The number of amides is 1. The van der Waals surface area contributed by atoms with Gasteiger partial charge in [-0.2, -0.15) is 0 Å². The molecule has 0 aliphatic carbocycles. The largest absolute Gasteiger partial charge is 0.363 e. The normalized spacial score (nSPS) is 18.3. The molecule has 0 bridgehead atoms. The Morgan fingerprint density at radius 2 is 2.23 bits per heavy atom. The van der Waals surface area contributed by atoms with E-state index in [2.05, 4.69) is 14.5 Å². The SMILES string of the molecule is CN(C)c1cc(C(=O)N2CCC[C@H](n3ccnc3)C2)ccn1. The molecule has 3 rings (SSSR count). The van der Waals surface area contributed by atoms with Crippen LogP contribution in [0.25, 0.3) is 0 Å². The lowest BCUT2D eigenvalue weighted by Gasteiger charge is -2.33. The second-order valence-corrected chi connectivity index (χ2v) is 5.85. The molecule has 0 radical (unpaired) electrons. The van der Waals surface area contributed by atoms with Gasteiger partial charge >= 0.3 is 0 Å². The van der Waals surface area contributed by atoms with Crippen molar-refractivity contribution in [3.05, 3.63) is 42.6 Å². The van der Waals surface area contributed by atoms with Crippen LogP contribution in [0.4, 0.5) is 5.82 Å². The van der Waals surface area contributed by atoms with Gasteiger partial charge in [0.05, 0.1) is 12.4 Å². The number of hydrogen-bond donors (Lipinski definition) is 0. The molecule has 0 spiro atoms. The zero-order valence-electron chi connectivity index (χ0n) is 13.0. The summed E-state index contributed by atoms with van der Waals surface area (Å²) in [6, 6.07) is 3.95. The Kier molecular flexibility index (Phi) is 4.09. The van der Waals surface area contributed by atoms with Crippen molar-refractivity contribution >= 4 is 11.7 Å². The first kappa shape index (κ1) is 14.6. The van der Waals surface area contributed by atoms with E-state index >= 15 is 0 Å². The lowest BCUT2D eigenvalue weighted by molar-refractivity contribution is 0.0679. The molecule has 2 aromatic heterocycles. The van der Waals surface area contributed by atoms with Crippen molar-refractivity contribution in [3.63, 3.8) is 0 Å². The number of pyridine rings is 1. The van der Waals surface area contributed by atoms with Crippen molar-refractivity contribution in [3.8, 4) is 0 Å². The number of hydrogen-bond acceptors (Lipinski definition) is 4. The first-order chi connectivity index (χ1) is 10.6. The van der Waals surface area contributed by atoms with E-state index in [0.717, 1.165) is 31.7 Å². The molecule has 22 heavy (non-hydrogen) atoms.